The number of hydrogen-bond donors (Lipinski definition) is 2. The molecule has 0 amide bonds. The van der Waals surface area contributed by atoms with Gasteiger partial charge in [0.15, 0.2) is 0 Å². The molecule has 4 N–H and O–H groups in total. The van der Waals surface area contributed by atoms with E-state index in [2.05, 4.69) is 9.97 Å². The lowest BCUT2D eigenvalue weighted by molar-refractivity contribution is 0.630. The van der Waals surface area contributed by atoms with Crippen LogP contribution in [0.15, 0.2) is 35.3 Å². The van der Waals surface area contributed by atoms with E-state index < -0.39 is 17.4 Å². The van der Waals surface area contributed by atoms with E-state index in [9.17, 15) is 9.18 Å². The maximum absolute atomic E-state index is 14.0. The number of pyridine rings is 1. The molecule has 3 rings (SSSR count). The van der Waals surface area contributed by atoms with Gasteiger partial charge in [-0.2, -0.15) is 0 Å². The minimum atomic E-state index is -0.633. The van der Waals surface area contributed by atoms with Gasteiger partial charge >= 0.3 is 0 Å². The zero-order valence-corrected chi connectivity index (χ0v) is 12.9. The quantitative estimate of drug-likeness (QED) is 0.748. The predicted molar refractivity (Wildman–Crippen MR) is 87.1 cm³/mol. The molecule has 118 valence electrons. The molecule has 0 aliphatic heterocycles. The van der Waals surface area contributed by atoms with Crippen molar-refractivity contribution in [2.24, 2.45) is 5.73 Å². The van der Waals surface area contributed by atoms with Gasteiger partial charge in [-0.15, -0.1) is 0 Å². The van der Waals surface area contributed by atoms with Gasteiger partial charge in [0.1, 0.15) is 23.0 Å². The molecule has 2 heterocycles. The smallest absolute Gasteiger partial charge is 0.267 e. The molecular weight excluding hydrogens is 321 g/mol. The number of nitrogens with two attached hydrogens (primary N) is 2. The van der Waals surface area contributed by atoms with Crippen LogP contribution >= 0.6 is 11.6 Å². The number of nitrogen functional groups attached to an aromatic ring is 1. The Morgan fingerprint density at radius 1 is 1.30 bits per heavy atom. The van der Waals surface area contributed by atoms with E-state index in [0.717, 1.165) is 6.07 Å². The lowest BCUT2D eigenvalue weighted by Crippen LogP contribution is -2.28. The largest absolute Gasteiger partial charge is 0.384 e. The third kappa shape index (κ3) is 2.54. The molecule has 23 heavy (non-hydrogen) atoms. The monoisotopic (exact) mass is 333 g/mol. The lowest BCUT2D eigenvalue weighted by atomic mass is 10.2. The van der Waals surface area contributed by atoms with Crippen LogP contribution in [0, 0.1) is 5.82 Å². The lowest BCUT2D eigenvalue weighted by Gasteiger charge is -2.16. The van der Waals surface area contributed by atoms with Gasteiger partial charge in [-0.3, -0.25) is 9.36 Å². The normalized spacial score (nSPS) is 12.5. The van der Waals surface area contributed by atoms with Crippen molar-refractivity contribution in [3.05, 3.63) is 57.5 Å². The van der Waals surface area contributed by atoms with Crippen molar-refractivity contribution in [1.82, 2.24) is 14.5 Å². The van der Waals surface area contributed by atoms with Crippen LogP contribution in [0.2, 0.25) is 5.02 Å². The molecule has 1 aromatic carbocycles. The van der Waals surface area contributed by atoms with Crippen LogP contribution in [0.1, 0.15) is 18.8 Å². The number of rotatable bonds is 2. The second-order valence-corrected chi connectivity index (χ2v) is 5.50. The highest BCUT2D eigenvalue weighted by molar-refractivity contribution is 6.35. The molecule has 0 aliphatic carbocycles. The standard InChI is InChI=1S/C15H13ClFN5O/c1-7(18)14-21-13-10(17)4-3-9(16)12(13)15(23)22(14)8-2-5-11(19)20-6-8/h2-7H,18H2,1H3,(H2,19,20)/t7-/m0/s1. The summed E-state index contributed by atoms with van der Waals surface area (Å²) in [6.07, 6.45) is 1.42. The van der Waals surface area contributed by atoms with Crippen LogP contribution in [0.3, 0.4) is 0 Å². The summed E-state index contributed by atoms with van der Waals surface area (Å²) in [4.78, 5) is 21.0. The molecule has 0 spiro atoms. The molecule has 1 atom stereocenters. The van der Waals surface area contributed by atoms with Gasteiger partial charge in [0.2, 0.25) is 0 Å². The van der Waals surface area contributed by atoms with Crippen LogP contribution in [0.25, 0.3) is 16.6 Å². The number of nitrogens with zero attached hydrogens (tertiary/aromatic N) is 3. The van der Waals surface area contributed by atoms with Crippen molar-refractivity contribution >= 4 is 28.3 Å². The molecule has 0 saturated heterocycles. The first-order valence-corrected chi connectivity index (χ1v) is 7.16. The summed E-state index contributed by atoms with van der Waals surface area (Å²) in [6.45, 7) is 1.65. The summed E-state index contributed by atoms with van der Waals surface area (Å²) >= 11 is 6.06. The summed E-state index contributed by atoms with van der Waals surface area (Å²) in [5.74, 6) is -0.122. The second kappa shape index (κ2) is 5.60. The molecule has 8 heteroatoms. The van der Waals surface area contributed by atoms with Crippen molar-refractivity contribution in [3.8, 4) is 5.69 Å². The van der Waals surface area contributed by atoms with Gasteiger partial charge in [0.05, 0.1) is 28.3 Å². The molecule has 3 aromatic rings. The van der Waals surface area contributed by atoms with Crippen molar-refractivity contribution in [2.75, 3.05) is 5.73 Å². The number of fused-ring (bicyclic) bond motifs is 1. The van der Waals surface area contributed by atoms with E-state index in [1.165, 1.54) is 16.8 Å². The minimum Gasteiger partial charge on any atom is -0.384 e. The van der Waals surface area contributed by atoms with Crippen molar-refractivity contribution in [1.29, 1.82) is 0 Å². The predicted octanol–water partition coefficient (Wildman–Crippen LogP) is 2.18. The van der Waals surface area contributed by atoms with E-state index in [4.69, 9.17) is 23.1 Å². The molecule has 6 nitrogen and oxygen atoms in total. The molecule has 0 radical (unpaired) electrons. The van der Waals surface area contributed by atoms with Gasteiger partial charge in [-0.05, 0) is 31.2 Å². The number of hydrogen-bond acceptors (Lipinski definition) is 5. The molecule has 0 aliphatic rings. The fraction of sp³-hybridized carbons (Fsp3) is 0.133. The SMILES string of the molecule is C[C@H](N)c1nc2c(F)ccc(Cl)c2c(=O)n1-c1ccc(N)nc1. The van der Waals surface area contributed by atoms with Gasteiger partial charge < -0.3 is 11.5 Å². The third-order valence-electron chi connectivity index (χ3n) is 3.39. The highest BCUT2D eigenvalue weighted by Gasteiger charge is 2.19. The Morgan fingerprint density at radius 2 is 2.04 bits per heavy atom. The summed E-state index contributed by atoms with van der Waals surface area (Å²) in [6, 6.07) is 5.03. The highest BCUT2D eigenvalue weighted by atomic mass is 35.5. The molecule has 0 fully saturated rings. The Hall–Kier alpha value is -2.51. The Labute approximate surface area is 135 Å². The van der Waals surface area contributed by atoms with Crippen molar-refractivity contribution in [3.63, 3.8) is 0 Å². The fourth-order valence-electron chi connectivity index (χ4n) is 2.32. The van der Waals surface area contributed by atoms with E-state index >= 15 is 0 Å². The van der Waals surface area contributed by atoms with Crippen molar-refractivity contribution in [2.45, 2.75) is 13.0 Å². The van der Waals surface area contributed by atoms with Crippen molar-refractivity contribution < 1.29 is 4.39 Å². The topological polar surface area (TPSA) is 99.8 Å². The average Bonchev–Trinajstić information content (AvgIpc) is 2.51. The maximum atomic E-state index is 14.0. The summed E-state index contributed by atoms with van der Waals surface area (Å²) < 4.78 is 15.3. The van der Waals surface area contributed by atoms with E-state index in [-0.39, 0.29) is 21.7 Å². The number of halogens is 2. The van der Waals surface area contributed by atoms with E-state index in [1.807, 2.05) is 0 Å². The molecule has 2 aromatic heterocycles. The number of benzene rings is 1. The van der Waals surface area contributed by atoms with Crippen LogP contribution < -0.4 is 17.0 Å². The fourth-order valence-corrected chi connectivity index (χ4v) is 2.55. The summed E-state index contributed by atoms with van der Waals surface area (Å²) in [5, 5.41) is 0.111. The van der Waals surface area contributed by atoms with Gasteiger partial charge in [-0.25, -0.2) is 14.4 Å². The maximum Gasteiger partial charge on any atom is 0.267 e. The Bertz CT molecular complexity index is 953. The van der Waals surface area contributed by atoms with Gasteiger partial charge in [0.25, 0.3) is 5.56 Å². The van der Waals surface area contributed by atoms with Crippen LogP contribution in [0.4, 0.5) is 10.2 Å². The Kier molecular flexibility index (Phi) is 3.75. The average molecular weight is 334 g/mol. The number of anilines is 1. The summed E-state index contributed by atoms with van der Waals surface area (Å²) in [7, 11) is 0. The first-order valence-electron chi connectivity index (χ1n) is 6.78. The zero-order valence-electron chi connectivity index (χ0n) is 12.1. The van der Waals surface area contributed by atoms with Crippen LogP contribution in [0.5, 0.6) is 0 Å². The van der Waals surface area contributed by atoms with E-state index in [0.29, 0.717) is 11.5 Å². The Morgan fingerprint density at radius 3 is 2.65 bits per heavy atom. The van der Waals surface area contributed by atoms with Gasteiger partial charge in [0, 0.05) is 0 Å². The minimum absolute atomic E-state index is 0.00658. The molecule has 0 saturated carbocycles. The molecule has 0 bridgehead atoms. The van der Waals surface area contributed by atoms with Crippen LogP contribution in [-0.4, -0.2) is 14.5 Å². The van der Waals surface area contributed by atoms with E-state index in [1.54, 1.807) is 19.1 Å². The van der Waals surface area contributed by atoms with Gasteiger partial charge in [-0.1, -0.05) is 11.6 Å². The molecule has 0 unspecified atom stereocenters. The first-order chi connectivity index (χ1) is 10.9. The second-order valence-electron chi connectivity index (χ2n) is 5.09. The van der Waals surface area contributed by atoms with Crippen LogP contribution in [-0.2, 0) is 0 Å². The Balaban J connectivity index is 2.47. The zero-order chi connectivity index (χ0) is 16.7. The number of aromatic nitrogens is 3. The summed E-state index contributed by atoms with van der Waals surface area (Å²) in [5.41, 5.74) is 11.3. The molecular formula is C15H13ClFN5O. The highest BCUT2D eigenvalue weighted by Crippen LogP contribution is 2.24. The third-order valence-corrected chi connectivity index (χ3v) is 3.70. The first kappa shape index (κ1) is 15.4.